The SMILES string of the molecule is CSOC(=O)[C@H]1C[C@@H](C(=O)O)N(CC2CCC3CNC(C(=O)O)CC3C2)C1. The van der Waals surface area contributed by atoms with E-state index < -0.39 is 29.9 Å². The van der Waals surface area contributed by atoms with Crippen molar-refractivity contribution in [2.75, 3.05) is 25.9 Å². The van der Waals surface area contributed by atoms with E-state index in [1.54, 1.807) is 6.26 Å². The molecule has 6 atom stereocenters. The third kappa shape index (κ3) is 4.75. The Labute approximate surface area is 163 Å². The highest BCUT2D eigenvalue weighted by atomic mass is 32.2. The van der Waals surface area contributed by atoms with Gasteiger partial charge in [-0.2, -0.15) is 0 Å². The summed E-state index contributed by atoms with van der Waals surface area (Å²) in [5.41, 5.74) is 0. The number of fused-ring (bicyclic) bond motifs is 1. The van der Waals surface area contributed by atoms with Gasteiger partial charge >= 0.3 is 17.9 Å². The number of carbonyl (C=O) groups excluding carboxylic acids is 1. The second-order valence-electron chi connectivity index (χ2n) is 8.04. The number of nitrogens with one attached hydrogen (secondary N) is 1. The van der Waals surface area contributed by atoms with Crippen LogP contribution in [0, 0.1) is 23.7 Å². The zero-order chi connectivity index (χ0) is 19.6. The van der Waals surface area contributed by atoms with Crippen LogP contribution in [0.5, 0.6) is 0 Å². The van der Waals surface area contributed by atoms with Gasteiger partial charge in [-0.15, -0.1) is 0 Å². The van der Waals surface area contributed by atoms with Crippen LogP contribution in [0.15, 0.2) is 0 Å². The Bertz CT molecular complexity index is 588. The average molecular weight is 400 g/mol. The molecule has 1 aliphatic carbocycles. The van der Waals surface area contributed by atoms with Crippen LogP contribution in [0.3, 0.4) is 0 Å². The van der Waals surface area contributed by atoms with E-state index in [1.165, 1.54) is 0 Å². The Morgan fingerprint density at radius 2 is 1.89 bits per heavy atom. The fourth-order valence-corrected chi connectivity index (χ4v) is 5.33. The van der Waals surface area contributed by atoms with E-state index in [-0.39, 0.29) is 5.97 Å². The minimum atomic E-state index is -0.893. The van der Waals surface area contributed by atoms with Crippen molar-refractivity contribution >= 4 is 30.0 Å². The van der Waals surface area contributed by atoms with Gasteiger partial charge in [-0.25, -0.2) is 0 Å². The normalized spacial score (nSPS) is 36.8. The number of piperidine rings is 1. The summed E-state index contributed by atoms with van der Waals surface area (Å²) in [6, 6.07) is -1.13. The number of rotatable bonds is 6. The van der Waals surface area contributed by atoms with Crippen LogP contribution in [0.4, 0.5) is 0 Å². The van der Waals surface area contributed by atoms with Crippen molar-refractivity contribution in [2.45, 2.75) is 44.2 Å². The Balaban J connectivity index is 1.59. The molecule has 0 bridgehead atoms. The predicted molar refractivity (Wildman–Crippen MR) is 99.1 cm³/mol. The molecule has 0 aromatic rings. The molecular weight excluding hydrogens is 372 g/mol. The van der Waals surface area contributed by atoms with Crippen molar-refractivity contribution in [3.8, 4) is 0 Å². The van der Waals surface area contributed by atoms with Crippen LogP contribution >= 0.6 is 12.0 Å². The van der Waals surface area contributed by atoms with Crippen molar-refractivity contribution in [2.24, 2.45) is 23.7 Å². The largest absolute Gasteiger partial charge is 0.480 e. The summed E-state index contributed by atoms with van der Waals surface area (Å²) in [7, 11) is 0. The van der Waals surface area contributed by atoms with Crippen molar-refractivity contribution < 1.29 is 28.8 Å². The van der Waals surface area contributed by atoms with Crippen molar-refractivity contribution in [3.63, 3.8) is 0 Å². The molecule has 0 aromatic heterocycles. The predicted octanol–water partition coefficient (Wildman–Crippen LogP) is 1.06. The molecule has 2 saturated heterocycles. The van der Waals surface area contributed by atoms with Gasteiger partial charge in [0.1, 0.15) is 12.1 Å². The molecule has 9 heteroatoms. The first-order chi connectivity index (χ1) is 12.9. The third-order valence-corrected chi connectivity index (χ3v) is 6.72. The number of carboxylic acid groups (broad SMARTS) is 2. The molecule has 0 spiro atoms. The fraction of sp³-hybridized carbons (Fsp3) is 0.833. The molecule has 27 heavy (non-hydrogen) atoms. The molecule has 3 rings (SSSR count). The highest BCUT2D eigenvalue weighted by molar-refractivity contribution is 7.94. The highest BCUT2D eigenvalue weighted by Crippen LogP contribution is 2.40. The molecular formula is C18H28N2O6S. The van der Waals surface area contributed by atoms with Crippen LogP contribution in [-0.4, -0.2) is 71.0 Å². The molecule has 1 saturated carbocycles. The van der Waals surface area contributed by atoms with E-state index in [2.05, 4.69) is 5.32 Å². The Morgan fingerprint density at radius 3 is 2.56 bits per heavy atom. The Morgan fingerprint density at radius 1 is 1.11 bits per heavy atom. The van der Waals surface area contributed by atoms with Gasteiger partial charge in [-0.1, -0.05) is 0 Å². The lowest BCUT2D eigenvalue weighted by Gasteiger charge is -2.42. The zero-order valence-electron chi connectivity index (χ0n) is 15.5. The van der Waals surface area contributed by atoms with Gasteiger partial charge in [0.05, 0.1) is 18.0 Å². The van der Waals surface area contributed by atoms with Gasteiger partial charge in [-0.05, 0) is 56.4 Å². The van der Waals surface area contributed by atoms with Crippen LogP contribution in [0.2, 0.25) is 0 Å². The van der Waals surface area contributed by atoms with Gasteiger partial charge in [0.2, 0.25) is 0 Å². The van der Waals surface area contributed by atoms with Gasteiger partial charge in [-0.3, -0.25) is 19.3 Å². The number of aliphatic carboxylic acids is 2. The van der Waals surface area contributed by atoms with Crippen LogP contribution in [-0.2, 0) is 18.6 Å². The minimum Gasteiger partial charge on any atom is -0.480 e. The fourth-order valence-electron chi connectivity index (χ4n) is 5.03. The van der Waals surface area contributed by atoms with E-state index in [1.807, 2.05) is 4.90 Å². The minimum absolute atomic E-state index is 0.290. The maximum Gasteiger partial charge on any atom is 0.322 e. The maximum absolute atomic E-state index is 12.0. The molecule has 3 aliphatic rings. The van der Waals surface area contributed by atoms with E-state index >= 15 is 0 Å². The topological polar surface area (TPSA) is 116 Å². The van der Waals surface area contributed by atoms with Crippen LogP contribution < -0.4 is 5.32 Å². The summed E-state index contributed by atoms with van der Waals surface area (Å²) in [6.45, 7) is 1.81. The summed E-state index contributed by atoms with van der Waals surface area (Å²) in [6.07, 6.45) is 5.58. The first-order valence-electron chi connectivity index (χ1n) is 9.56. The molecule has 3 fully saturated rings. The standard InChI is InChI=1S/C18H28N2O6S/c1-27-26-18(25)13-6-15(17(23)24)20(9-13)8-10-2-3-11-7-19-14(16(21)22)5-12(11)4-10/h10-15,19H,2-9H2,1H3,(H,21,22)(H,23,24)/t10?,11?,12?,13-,14?,15-/m0/s1. The number of hydrogen-bond acceptors (Lipinski definition) is 7. The summed E-state index contributed by atoms with van der Waals surface area (Å²) in [5.74, 6) is -1.21. The van der Waals surface area contributed by atoms with Crippen LogP contribution in [0.1, 0.15) is 32.1 Å². The first kappa shape index (κ1) is 20.4. The van der Waals surface area contributed by atoms with Crippen LogP contribution in [0.25, 0.3) is 0 Å². The molecule has 3 N–H and O–H groups in total. The molecule has 152 valence electrons. The van der Waals surface area contributed by atoms with Gasteiger partial charge in [0.25, 0.3) is 0 Å². The zero-order valence-corrected chi connectivity index (χ0v) is 16.3. The van der Waals surface area contributed by atoms with Gasteiger partial charge in [0.15, 0.2) is 0 Å². The first-order valence-corrected chi connectivity index (χ1v) is 10.7. The van der Waals surface area contributed by atoms with Gasteiger partial charge < -0.3 is 19.7 Å². The number of carbonyl (C=O) groups is 3. The Hall–Kier alpha value is -1.32. The van der Waals surface area contributed by atoms with E-state index in [9.17, 15) is 24.6 Å². The second-order valence-corrected chi connectivity index (χ2v) is 8.54. The summed E-state index contributed by atoms with van der Waals surface area (Å²) in [4.78, 5) is 36.9. The van der Waals surface area contributed by atoms with E-state index in [4.69, 9.17) is 4.18 Å². The molecule has 2 aliphatic heterocycles. The summed E-state index contributed by atoms with van der Waals surface area (Å²) >= 11 is 0.989. The monoisotopic (exact) mass is 400 g/mol. The lowest BCUT2D eigenvalue weighted by atomic mass is 9.69. The highest BCUT2D eigenvalue weighted by Gasteiger charge is 2.43. The number of likely N-dealkylation sites (tertiary alicyclic amines) is 1. The van der Waals surface area contributed by atoms with E-state index in [0.717, 1.165) is 37.8 Å². The smallest absolute Gasteiger partial charge is 0.322 e. The number of nitrogens with zero attached hydrogens (tertiary/aromatic N) is 1. The van der Waals surface area contributed by atoms with Crippen molar-refractivity contribution in [1.29, 1.82) is 0 Å². The number of carboxylic acids is 2. The summed E-state index contributed by atoms with van der Waals surface area (Å²) < 4.78 is 4.99. The van der Waals surface area contributed by atoms with Gasteiger partial charge in [0, 0.05) is 19.3 Å². The molecule has 2 heterocycles. The Kier molecular flexibility index (Phi) is 6.65. The number of hydrogen-bond donors (Lipinski definition) is 3. The lowest BCUT2D eigenvalue weighted by molar-refractivity contribution is -0.143. The molecule has 4 unspecified atom stereocenters. The quantitative estimate of drug-likeness (QED) is 0.563. The summed E-state index contributed by atoms with van der Waals surface area (Å²) in [5, 5.41) is 21.9. The van der Waals surface area contributed by atoms with Crippen molar-refractivity contribution in [1.82, 2.24) is 10.2 Å². The van der Waals surface area contributed by atoms with Crippen molar-refractivity contribution in [3.05, 3.63) is 0 Å². The molecule has 0 amide bonds. The average Bonchev–Trinajstić information content (AvgIpc) is 3.05. The molecule has 0 radical (unpaired) electrons. The molecule has 8 nitrogen and oxygen atoms in total. The second kappa shape index (κ2) is 8.79. The maximum atomic E-state index is 12.0. The van der Waals surface area contributed by atoms with E-state index in [0.29, 0.717) is 43.7 Å². The lowest BCUT2D eigenvalue weighted by Crippen LogP contribution is -2.50. The third-order valence-electron chi connectivity index (χ3n) is 6.39. The molecule has 0 aromatic carbocycles.